The maximum Gasteiger partial charge on any atom is 0.111 e. The monoisotopic (exact) mass is 369 g/mol. The summed E-state index contributed by atoms with van der Waals surface area (Å²) in [7, 11) is 0.858. The van der Waals surface area contributed by atoms with E-state index in [9.17, 15) is 0 Å². The van der Waals surface area contributed by atoms with Gasteiger partial charge in [0, 0.05) is 19.6 Å². The summed E-state index contributed by atoms with van der Waals surface area (Å²) in [5.41, 5.74) is 5.11. The number of nitrogens with zero attached hydrogens (tertiary/aromatic N) is 2. The van der Waals surface area contributed by atoms with Crippen molar-refractivity contribution in [2.24, 2.45) is 5.73 Å². The summed E-state index contributed by atoms with van der Waals surface area (Å²) in [4.78, 5) is 1.79. The summed E-state index contributed by atoms with van der Waals surface area (Å²) in [5, 5.41) is 25.5. The van der Waals surface area contributed by atoms with Crippen LogP contribution in [-0.2, 0) is 0 Å². The Hall–Kier alpha value is 0.194. The smallest absolute Gasteiger partial charge is 0.111 e. The molecule has 0 saturated heterocycles. The molecule has 5 N–H and O–H groups in total. The SMILES string of the molecule is CC(C)N.CN([SiH](C)C)[Si](C)(C)C.OCCN(CCO)CCO. The average Bonchev–Trinajstić information content (AvgIpc) is 2.37. The normalized spacial score (nSPS) is 11.5. The van der Waals surface area contributed by atoms with Gasteiger partial charge >= 0.3 is 0 Å². The van der Waals surface area contributed by atoms with Crippen LogP contribution in [0.5, 0.6) is 0 Å². The average molecular weight is 370 g/mol. The van der Waals surface area contributed by atoms with E-state index >= 15 is 0 Å². The molecule has 0 aromatic carbocycles. The number of rotatable bonds is 8. The topological polar surface area (TPSA) is 93.2 Å². The summed E-state index contributed by atoms with van der Waals surface area (Å²) in [5.74, 6) is 0. The number of nitrogens with two attached hydrogens (primary N) is 1. The van der Waals surface area contributed by atoms with Gasteiger partial charge in [0.05, 0.1) is 28.8 Å². The van der Waals surface area contributed by atoms with E-state index in [2.05, 4.69) is 44.0 Å². The van der Waals surface area contributed by atoms with Gasteiger partial charge in [0.1, 0.15) is 8.24 Å². The fraction of sp³-hybridized carbons (Fsp3) is 1.00. The van der Waals surface area contributed by atoms with Gasteiger partial charge in [0.25, 0.3) is 0 Å². The van der Waals surface area contributed by atoms with Crippen molar-refractivity contribution in [3.05, 3.63) is 0 Å². The largest absolute Gasteiger partial charge is 0.395 e. The first-order chi connectivity index (χ1) is 10.4. The lowest BCUT2D eigenvalue weighted by Gasteiger charge is -2.33. The molecule has 0 saturated carbocycles. The fourth-order valence-electron chi connectivity index (χ4n) is 1.53. The Morgan fingerprint density at radius 3 is 1.26 bits per heavy atom. The molecule has 0 aliphatic rings. The maximum absolute atomic E-state index is 8.48. The van der Waals surface area contributed by atoms with E-state index in [1.165, 1.54) is 0 Å². The van der Waals surface area contributed by atoms with Crippen molar-refractivity contribution in [1.82, 2.24) is 9.13 Å². The molecule has 0 radical (unpaired) electrons. The van der Waals surface area contributed by atoms with Gasteiger partial charge in [0.15, 0.2) is 0 Å². The zero-order valence-corrected chi connectivity index (χ0v) is 18.9. The van der Waals surface area contributed by atoms with E-state index in [-0.39, 0.29) is 19.8 Å². The fourth-order valence-corrected chi connectivity index (χ4v) is 7.73. The highest BCUT2D eigenvalue weighted by Gasteiger charge is 2.21. The Balaban J connectivity index is -0.000000284. The highest BCUT2D eigenvalue weighted by Crippen LogP contribution is 2.07. The lowest BCUT2D eigenvalue weighted by molar-refractivity contribution is 0.136. The van der Waals surface area contributed by atoms with E-state index in [1.54, 1.807) is 4.90 Å². The third-order valence-electron chi connectivity index (χ3n) is 3.08. The van der Waals surface area contributed by atoms with Crippen LogP contribution >= 0.6 is 0 Å². The van der Waals surface area contributed by atoms with Gasteiger partial charge in [-0.1, -0.05) is 46.6 Å². The molecule has 0 spiro atoms. The van der Waals surface area contributed by atoms with Gasteiger partial charge in [-0.15, -0.1) is 0 Å². The molecule has 0 unspecified atom stereocenters. The van der Waals surface area contributed by atoms with E-state index in [0.29, 0.717) is 25.7 Å². The highest BCUT2D eigenvalue weighted by molar-refractivity contribution is 6.82. The molecule has 0 aliphatic heterocycles. The minimum atomic E-state index is -0.929. The zero-order valence-electron chi connectivity index (χ0n) is 16.7. The van der Waals surface area contributed by atoms with Gasteiger partial charge in [-0.05, 0) is 13.1 Å². The molecule has 0 amide bonds. The van der Waals surface area contributed by atoms with Crippen molar-refractivity contribution in [2.75, 3.05) is 46.5 Å². The molecule has 23 heavy (non-hydrogen) atoms. The Kier molecular flexibility index (Phi) is 20.7. The third kappa shape index (κ3) is 24.6. The highest BCUT2D eigenvalue weighted by atomic mass is 28.4. The first-order valence-corrected chi connectivity index (χ1v) is 14.7. The minimum Gasteiger partial charge on any atom is -0.395 e. The second-order valence-electron chi connectivity index (χ2n) is 7.13. The second-order valence-corrected chi connectivity index (χ2v) is 15.7. The molecule has 0 atom stereocenters. The van der Waals surface area contributed by atoms with Gasteiger partial charge in [-0.25, -0.2) is 0 Å². The van der Waals surface area contributed by atoms with Crippen molar-refractivity contribution < 1.29 is 15.3 Å². The van der Waals surface area contributed by atoms with Crippen LogP contribution < -0.4 is 5.73 Å². The summed E-state index contributed by atoms with van der Waals surface area (Å²) in [6, 6.07) is 0.333. The van der Waals surface area contributed by atoms with E-state index in [1.807, 2.05) is 13.8 Å². The summed E-state index contributed by atoms with van der Waals surface area (Å²) < 4.78 is 2.63. The van der Waals surface area contributed by atoms with Crippen molar-refractivity contribution in [1.29, 1.82) is 0 Å². The van der Waals surface area contributed by atoms with Gasteiger partial charge in [-0.2, -0.15) is 0 Å². The van der Waals surface area contributed by atoms with Crippen LogP contribution in [0.2, 0.25) is 32.7 Å². The Bertz CT molecular complexity index is 223. The summed E-state index contributed by atoms with van der Waals surface area (Å²) in [6.07, 6.45) is 0. The lowest BCUT2D eigenvalue weighted by Crippen LogP contribution is -2.49. The van der Waals surface area contributed by atoms with Crippen LogP contribution in [-0.4, -0.2) is 94.2 Å². The van der Waals surface area contributed by atoms with Crippen LogP contribution in [0.15, 0.2) is 0 Å². The van der Waals surface area contributed by atoms with Crippen molar-refractivity contribution in [3.63, 3.8) is 0 Å². The van der Waals surface area contributed by atoms with Crippen molar-refractivity contribution in [3.8, 4) is 0 Å². The molecule has 6 nitrogen and oxygen atoms in total. The van der Waals surface area contributed by atoms with Gasteiger partial charge in [-0.3, -0.25) is 4.90 Å². The zero-order chi connectivity index (χ0) is 19.1. The van der Waals surface area contributed by atoms with Crippen LogP contribution in [0.25, 0.3) is 0 Å². The molecule has 8 heteroatoms. The van der Waals surface area contributed by atoms with Gasteiger partial charge in [0.2, 0.25) is 0 Å². The molecule has 0 aromatic heterocycles. The van der Waals surface area contributed by atoms with E-state index in [4.69, 9.17) is 21.1 Å². The van der Waals surface area contributed by atoms with Crippen LogP contribution in [0.1, 0.15) is 13.8 Å². The number of hydrogen-bond donors (Lipinski definition) is 4. The second kappa shape index (κ2) is 17.0. The number of aliphatic hydroxyl groups excluding tert-OH is 3. The minimum absolute atomic E-state index is 0.0694. The number of aliphatic hydroxyl groups is 3. The van der Waals surface area contributed by atoms with Crippen molar-refractivity contribution in [2.45, 2.75) is 52.6 Å². The molecule has 144 valence electrons. The molecule has 0 rings (SSSR count). The predicted molar refractivity (Wildman–Crippen MR) is 107 cm³/mol. The molecule has 0 aliphatic carbocycles. The van der Waals surface area contributed by atoms with Crippen molar-refractivity contribution >= 4 is 17.2 Å². The Labute approximate surface area is 147 Å². The van der Waals surface area contributed by atoms with Crippen LogP contribution in [0, 0.1) is 0 Å². The van der Waals surface area contributed by atoms with Crippen LogP contribution in [0.4, 0.5) is 0 Å². The van der Waals surface area contributed by atoms with E-state index in [0.717, 1.165) is 0 Å². The molecule has 0 aromatic rings. The molecular formula is C15H43N3O3Si2. The molecule has 0 heterocycles. The van der Waals surface area contributed by atoms with Crippen LogP contribution in [0.3, 0.4) is 0 Å². The first-order valence-electron chi connectivity index (χ1n) is 8.47. The molecule has 0 bridgehead atoms. The number of hydrogen-bond acceptors (Lipinski definition) is 6. The quantitative estimate of drug-likeness (QED) is 0.462. The third-order valence-corrected chi connectivity index (χ3v) is 10.6. The maximum atomic E-state index is 8.48. The Morgan fingerprint density at radius 1 is 0.913 bits per heavy atom. The van der Waals surface area contributed by atoms with Gasteiger partial charge < -0.3 is 25.3 Å². The molecule has 0 fully saturated rings. The van der Waals surface area contributed by atoms with E-state index < -0.39 is 17.2 Å². The Morgan fingerprint density at radius 2 is 1.17 bits per heavy atom. The first kappa shape index (κ1) is 28.0. The molecular weight excluding hydrogens is 326 g/mol. The summed E-state index contributed by atoms with van der Waals surface area (Å²) in [6.45, 7) is 17.6. The predicted octanol–water partition coefficient (Wildman–Crippen LogP) is 0.355. The standard InChI is InChI=1S/C6H15NO3.C6H19NSi2.C3H9N/c8-4-1-7(2-5-9)3-6-10;1-7(8(2)3)9(4,5)6;1-3(2)4/h8-10H,1-6H2;8H,1-6H3;3H,4H2,1-2H3. The summed E-state index contributed by atoms with van der Waals surface area (Å²) >= 11 is 0. The lowest BCUT2D eigenvalue weighted by atomic mass is 10.4.